The van der Waals surface area contributed by atoms with Crippen molar-refractivity contribution in [1.82, 2.24) is 0 Å². The summed E-state index contributed by atoms with van der Waals surface area (Å²) in [5, 5.41) is 12.2. The molecule has 2 N–H and O–H groups in total. The van der Waals surface area contributed by atoms with Gasteiger partial charge in [-0.25, -0.2) is 0 Å². The van der Waals surface area contributed by atoms with Gasteiger partial charge in [0.2, 0.25) is 5.88 Å². The lowest BCUT2D eigenvalue weighted by Crippen LogP contribution is -2.43. The van der Waals surface area contributed by atoms with Gasteiger partial charge in [-0.15, -0.1) is 0 Å². The molecule has 0 amide bonds. The quantitative estimate of drug-likeness (QED) is 0.689. The van der Waals surface area contributed by atoms with E-state index in [1.54, 1.807) is 33.7 Å². The highest BCUT2D eigenvalue weighted by Crippen LogP contribution is 2.42. The van der Waals surface area contributed by atoms with Gasteiger partial charge in [0.05, 0.1) is 38.8 Å². The molecule has 1 aliphatic rings. The van der Waals surface area contributed by atoms with Gasteiger partial charge in [0, 0.05) is 6.07 Å². The molecule has 2 heterocycles. The van der Waals surface area contributed by atoms with E-state index in [1.165, 1.54) is 0 Å². The Bertz CT molecular complexity index is 997. The summed E-state index contributed by atoms with van der Waals surface area (Å²) >= 11 is 0. The number of anilines is 2. The molecule has 0 bridgehead atoms. The number of rotatable bonds is 5. The molecule has 0 fully saturated rings. The van der Waals surface area contributed by atoms with E-state index in [1.807, 2.05) is 47.4 Å². The summed E-state index contributed by atoms with van der Waals surface area (Å²) in [5.41, 5.74) is 2.33. The van der Waals surface area contributed by atoms with E-state index in [-0.39, 0.29) is 6.17 Å². The number of nitrogens with one attached hydrogen (secondary N) is 2. The molecule has 28 heavy (non-hydrogen) atoms. The smallest absolute Gasteiger partial charge is 0.205 e. The molecule has 0 saturated carbocycles. The summed E-state index contributed by atoms with van der Waals surface area (Å²) in [6.45, 7) is 0. The number of amidine groups is 1. The molecular formula is C21H21N3O4. The van der Waals surface area contributed by atoms with Crippen molar-refractivity contribution in [3.05, 3.63) is 65.9 Å². The summed E-state index contributed by atoms with van der Waals surface area (Å²) in [4.78, 5) is 1.86. The number of hydrogen-bond donors (Lipinski definition) is 2. The lowest BCUT2D eigenvalue weighted by atomic mass is 10.0. The predicted octanol–water partition coefficient (Wildman–Crippen LogP) is 4.26. The van der Waals surface area contributed by atoms with Gasteiger partial charge in [-0.3, -0.25) is 10.3 Å². The third kappa shape index (κ3) is 2.90. The van der Waals surface area contributed by atoms with E-state index in [4.69, 9.17) is 24.0 Å². The van der Waals surface area contributed by atoms with Crippen molar-refractivity contribution < 1.29 is 18.6 Å². The van der Waals surface area contributed by atoms with Crippen LogP contribution in [-0.2, 0) is 0 Å². The molecule has 4 rings (SSSR count). The highest BCUT2D eigenvalue weighted by molar-refractivity contribution is 6.13. The molecule has 1 unspecified atom stereocenters. The van der Waals surface area contributed by atoms with Crippen LogP contribution >= 0.6 is 0 Å². The van der Waals surface area contributed by atoms with Crippen LogP contribution in [0.1, 0.15) is 17.3 Å². The van der Waals surface area contributed by atoms with E-state index >= 15 is 0 Å². The van der Waals surface area contributed by atoms with Crippen LogP contribution in [0.15, 0.2) is 59.2 Å². The van der Waals surface area contributed by atoms with Crippen LogP contribution in [0.3, 0.4) is 0 Å². The Morgan fingerprint density at radius 1 is 0.929 bits per heavy atom. The Morgan fingerprint density at radius 3 is 2.32 bits per heavy atom. The van der Waals surface area contributed by atoms with Crippen molar-refractivity contribution in [2.75, 3.05) is 31.5 Å². The van der Waals surface area contributed by atoms with Gasteiger partial charge in [-0.05, 0) is 35.9 Å². The van der Waals surface area contributed by atoms with Crippen LogP contribution < -0.4 is 24.4 Å². The zero-order chi connectivity index (χ0) is 19.7. The first kappa shape index (κ1) is 17.8. The Labute approximate surface area is 162 Å². The number of nitrogens with zero attached hydrogens (tertiary/aromatic N) is 1. The fourth-order valence-corrected chi connectivity index (χ4v) is 3.32. The number of benzene rings is 2. The highest BCUT2D eigenvalue weighted by atomic mass is 16.5. The summed E-state index contributed by atoms with van der Waals surface area (Å²) in [6.07, 6.45) is 1.20. The number of fused-ring (bicyclic) bond motifs is 1. The van der Waals surface area contributed by atoms with E-state index in [9.17, 15) is 0 Å². The molecule has 0 aliphatic carbocycles. The molecule has 7 heteroatoms. The van der Waals surface area contributed by atoms with Gasteiger partial charge in [0.25, 0.3) is 0 Å². The van der Waals surface area contributed by atoms with Crippen LogP contribution in [0.2, 0.25) is 0 Å². The van der Waals surface area contributed by atoms with Gasteiger partial charge in [0.15, 0.2) is 0 Å². The molecule has 1 atom stereocenters. The average molecular weight is 379 g/mol. The average Bonchev–Trinajstić information content (AvgIpc) is 3.22. The zero-order valence-corrected chi connectivity index (χ0v) is 15.9. The number of ether oxygens (including phenoxy) is 3. The van der Waals surface area contributed by atoms with Gasteiger partial charge in [-0.2, -0.15) is 0 Å². The van der Waals surface area contributed by atoms with Crippen molar-refractivity contribution >= 4 is 17.4 Å². The monoisotopic (exact) mass is 379 g/mol. The lowest BCUT2D eigenvalue weighted by Gasteiger charge is -2.38. The van der Waals surface area contributed by atoms with E-state index in [0.29, 0.717) is 34.5 Å². The fraction of sp³-hybridized carbons (Fsp3) is 0.190. The maximum atomic E-state index is 8.84. The first-order chi connectivity index (χ1) is 13.7. The second-order valence-corrected chi connectivity index (χ2v) is 6.24. The molecule has 7 nitrogen and oxygen atoms in total. The molecule has 0 spiro atoms. The standard InChI is InChI=1S/C21H21N3O4/c1-25-14-6-4-13(5-7-14)20-23-21-16(10-11-28-21)19(22)24(20)17-12-15(26-2)8-9-18(17)27-3/h4-12,20,22-23H,1-3H3. The largest absolute Gasteiger partial charge is 0.497 e. The second kappa shape index (κ2) is 7.19. The first-order valence-electron chi connectivity index (χ1n) is 8.74. The minimum Gasteiger partial charge on any atom is -0.497 e. The maximum absolute atomic E-state index is 8.84. The molecule has 1 aromatic heterocycles. The van der Waals surface area contributed by atoms with Crippen LogP contribution in [0.4, 0.5) is 11.6 Å². The fourth-order valence-electron chi connectivity index (χ4n) is 3.32. The van der Waals surface area contributed by atoms with Crippen LogP contribution in [0.5, 0.6) is 17.2 Å². The lowest BCUT2D eigenvalue weighted by molar-refractivity contribution is 0.403. The molecule has 0 radical (unpaired) electrons. The topological polar surface area (TPSA) is 80.0 Å². The van der Waals surface area contributed by atoms with Gasteiger partial charge >= 0.3 is 0 Å². The normalized spacial score (nSPS) is 15.6. The summed E-state index contributed by atoms with van der Waals surface area (Å²) < 4.78 is 21.8. The zero-order valence-electron chi connectivity index (χ0n) is 15.9. The van der Waals surface area contributed by atoms with Crippen molar-refractivity contribution in [3.63, 3.8) is 0 Å². The number of hydrogen-bond acceptors (Lipinski definition) is 6. The molecule has 2 aromatic carbocycles. The molecular weight excluding hydrogens is 358 g/mol. The van der Waals surface area contributed by atoms with Gasteiger partial charge in [-0.1, -0.05) is 12.1 Å². The van der Waals surface area contributed by atoms with E-state index < -0.39 is 0 Å². The Kier molecular flexibility index (Phi) is 4.57. The van der Waals surface area contributed by atoms with Gasteiger partial charge < -0.3 is 23.9 Å². The first-order valence-corrected chi connectivity index (χ1v) is 8.74. The maximum Gasteiger partial charge on any atom is 0.205 e. The predicted molar refractivity (Wildman–Crippen MR) is 107 cm³/mol. The minimum atomic E-state index is -0.377. The second-order valence-electron chi connectivity index (χ2n) is 6.24. The summed E-state index contributed by atoms with van der Waals surface area (Å²) in [7, 11) is 4.85. The number of furan rings is 1. The van der Waals surface area contributed by atoms with Crippen LogP contribution in [0, 0.1) is 5.41 Å². The SMILES string of the molecule is COc1ccc(C2Nc3occc3C(=N)N2c2cc(OC)ccc2OC)cc1. The minimum absolute atomic E-state index is 0.301. The van der Waals surface area contributed by atoms with E-state index in [0.717, 1.165) is 11.3 Å². The van der Waals surface area contributed by atoms with Crippen molar-refractivity contribution in [1.29, 1.82) is 5.41 Å². The summed E-state index contributed by atoms with van der Waals surface area (Å²) in [6, 6.07) is 15.0. The Balaban J connectivity index is 1.86. The van der Waals surface area contributed by atoms with Crippen molar-refractivity contribution in [3.8, 4) is 17.2 Å². The molecule has 1 aliphatic heterocycles. The molecule has 144 valence electrons. The number of methoxy groups -OCH3 is 3. The van der Waals surface area contributed by atoms with Crippen molar-refractivity contribution in [2.45, 2.75) is 6.17 Å². The Hall–Kier alpha value is -3.61. The highest BCUT2D eigenvalue weighted by Gasteiger charge is 2.35. The summed E-state index contributed by atoms with van der Waals surface area (Å²) in [5.74, 6) is 2.94. The van der Waals surface area contributed by atoms with E-state index in [2.05, 4.69) is 5.32 Å². The van der Waals surface area contributed by atoms with Crippen molar-refractivity contribution in [2.24, 2.45) is 0 Å². The van der Waals surface area contributed by atoms with Gasteiger partial charge in [0.1, 0.15) is 29.2 Å². The third-order valence-electron chi connectivity index (χ3n) is 4.76. The molecule has 3 aromatic rings. The van der Waals surface area contributed by atoms with Crippen LogP contribution in [-0.4, -0.2) is 27.2 Å². The third-order valence-corrected chi connectivity index (χ3v) is 4.76. The molecule has 0 saturated heterocycles. The Morgan fingerprint density at radius 2 is 1.64 bits per heavy atom. The van der Waals surface area contributed by atoms with Crippen LogP contribution in [0.25, 0.3) is 0 Å².